The summed E-state index contributed by atoms with van der Waals surface area (Å²) >= 11 is 0. The number of aromatic hydroxyl groups is 1. The zero-order chi connectivity index (χ0) is 13.1. The van der Waals surface area contributed by atoms with E-state index in [2.05, 4.69) is 9.47 Å². The van der Waals surface area contributed by atoms with Crippen LogP contribution in [0.2, 0.25) is 0 Å². The summed E-state index contributed by atoms with van der Waals surface area (Å²) in [4.78, 5) is 19.1. The fourth-order valence-electron chi connectivity index (χ4n) is 0.600. The zero-order valence-corrected chi connectivity index (χ0v) is 8.52. The van der Waals surface area contributed by atoms with E-state index < -0.39 is 12.3 Å². The van der Waals surface area contributed by atoms with Crippen LogP contribution in [0.1, 0.15) is 0 Å². The van der Waals surface area contributed by atoms with Crippen LogP contribution < -0.4 is 0 Å². The van der Waals surface area contributed by atoms with Crippen molar-refractivity contribution in [2.24, 2.45) is 0 Å². The van der Waals surface area contributed by atoms with Crippen LogP contribution in [0.25, 0.3) is 0 Å². The van der Waals surface area contributed by atoms with Crippen molar-refractivity contribution in [1.82, 2.24) is 0 Å². The summed E-state index contributed by atoms with van der Waals surface area (Å²) in [6.45, 7) is 0. The summed E-state index contributed by atoms with van der Waals surface area (Å²) < 4.78 is 7.48. The molecule has 0 radical (unpaired) electrons. The highest BCUT2D eigenvalue weighted by atomic mass is 16.7. The Bertz CT molecular complexity index is 354. The van der Waals surface area contributed by atoms with E-state index >= 15 is 0 Å². The lowest BCUT2D eigenvalue weighted by molar-refractivity contribution is 0.114. The van der Waals surface area contributed by atoms with Gasteiger partial charge in [-0.1, -0.05) is 18.2 Å². The van der Waals surface area contributed by atoms with E-state index in [4.69, 9.17) is 15.3 Å². The minimum absolute atomic E-state index is 0.322. The Hall–Kier alpha value is -2.70. The van der Waals surface area contributed by atoms with Crippen LogP contribution in [-0.4, -0.2) is 27.6 Å². The predicted octanol–water partition coefficient (Wildman–Crippen LogP) is 2.24. The standard InChI is InChI=1S/C6H6O.C4H4O6/c7-6-4-2-1-3-5-6;5-3(6)9-1-2-10-4(7)8/h1-5,7H;1-2H,(H,5,6)(H,7,8)/b;2-1+. The number of para-hydroxylation sites is 1. The topological polar surface area (TPSA) is 113 Å². The van der Waals surface area contributed by atoms with Gasteiger partial charge >= 0.3 is 12.3 Å². The summed E-state index contributed by atoms with van der Waals surface area (Å²) in [5.74, 6) is 0.322. The number of ether oxygens (including phenoxy) is 2. The van der Waals surface area contributed by atoms with Gasteiger partial charge in [-0.05, 0) is 12.1 Å². The van der Waals surface area contributed by atoms with Gasteiger partial charge in [0.05, 0.1) is 0 Å². The highest BCUT2D eigenvalue weighted by Crippen LogP contribution is 2.02. The van der Waals surface area contributed by atoms with Gasteiger partial charge in [-0.15, -0.1) is 0 Å². The molecule has 0 aromatic heterocycles. The molecule has 0 heterocycles. The third kappa shape index (κ3) is 11.2. The summed E-state index contributed by atoms with van der Waals surface area (Å²) in [5.41, 5.74) is 0. The third-order valence-electron chi connectivity index (χ3n) is 1.15. The van der Waals surface area contributed by atoms with Crippen LogP contribution in [0.3, 0.4) is 0 Å². The number of benzene rings is 1. The molecule has 0 spiro atoms. The van der Waals surface area contributed by atoms with Gasteiger partial charge in [0, 0.05) is 0 Å². The molecule has 1 aromatic rings. The van der Waals surface area contributed by atoms with Crippen LogP contribution in [0.4, 0.5) is 9.59 Å². The fraction of sp³-hybridized carbons (Fsp3) is 0. The van der Waals surface area contributed by atoms with Gasteiger partial charge in [0.1, 0.15) is 18.3 Å². The number of carbonyl (C=O) groups is 2. The van der Waals surface area contributed by atoms with Gasteiger partial charge in [0.2, 0.25) is 0 Å². The number of hydrogen-bond acceptors (Lipinski definition) is 5. The fourth-order valence-corrected chi connectivity index (χ4v) is 0.600. The maximum atomic E-state index is 9.57. The maximum Gasteiger partial charge on any atom is 0.510 e. The first-order chi connectivity index (χ1) is 8.02. The first-order valence-corrected chi connectivity index (χ1v) is 4.20. The monoisotopic (exact) mass is 242 g/mol. The van der Waals surface area contributed by atoms with Crippen LogP contribution in [0.15, 0.2) is 42.9 Å². The van der Waals surface area contributed by atoms with E-state index in [0.29, 0.717) is 18.3 Å². The van der Waals surface area contributed by atoms with Crippen molar-refractivity contribution in [2.75, 3.05) is 0 Å². The lowest BCUT2D eigenvalue weighted by atomic mass is 10.3. The number of rotatable bonds is 2. The molecule has 1 rings (SSSR count). The summed E-state index contributed by atoms with van der Waals surface area (Å²) in [6, 6.07) is 8.71. The predicted molar refractivity (Wildman–Crippen MR) is 55.5 cm³/mol. The average molecular weight is 242 g/mol. The summed E-state index contributed by atoms with van der Waals surface area (Å²) in [7, 11) is 0. The van der Waals surface area contributed by atoms with E-state index in [1.807, 2.05) is 6.07 Å². The van der Waals surface area contributed by atoms with Gasteiger partial charge in [0.15, 0.2) is 0 Å². The normalized spacial score (nSPS) is 8.94. The molecule has 0 aliphatic heterocycles. The van der Waals surface area contributed by atoms with E-state index in [1.54, 1.807) is 24.3 Å². The van der Waals surface area contributed by atoms with Crippen molar-refractivity contribution in [2.45, 2.75) is 0 Å². The summed E-state index contributed by atoms with van der Waals surface area (Å²) in [5, 5.41) is 24.2. The molecule has 7 nitrogen and oxygen atoms in total. The van der Waals surface area contributed by atoms with Crippen molar-refractivity contribution < 1.29 is 34.4 Å². The molecule has 0 aliphatic rings. The first kappa shape index (κ1) is 14.3. The quantitative estimate of drug-likeness (QED) is 0.538. The molecule has 0 unspecified atom stereocenters. The average Bonchev–Trinajstić information content (AvgIpc) is 2.26. The van der Waals surface area contributed by atoms with E-state index in [-0.39, 0.29) is 0 Å². The molecule has 0 bridgehead atoms. The number of phenolic OH excluding ortho intramolecular Hbond substituents is 1. The Morgan fingerprint density at radius 3 is 1.59 bits per heavy atom. The van der Waals surface area contributed by atoms with E-state index in [9.17, 15) is 9.59 Å². The second kappa shape index (κ2) is 8.60. The highest BCUT2D eigenvalue weighted by Gasteiger charge is 1.91. The largest absolute Gasteiger partial charge is 0.510 e. The lowest BCUT2D eigenvalue weighted by Crippen LogP contribution is -1.95. The van der Waals surface area contributed by atoms with Gasteiger partial charge in [-0.25, -0.2) is 9.59 Å². The van der Waals surface area contributed by atoms with Gasteiger partial charge < -0.3 is 24.8 Å². The van der Waals surface area contributed by atoms with Crippen LogP contribution in [0.5, 0.6) is 5.75 Å². The zero-order valence-electron chi connectivity index (χ0n) is 8.52. The summed E-state index contributed by atoms with van der Waals surface area (Å²) in [6.07, 6.45) is -1.89. The second-order valence-electron chi connectivity index (χ2n) is 2.38. The van der Waals surface area contributed by atoms with Crippen molar-refractivity contribution in [3.63, 3.8) is 0 Å². The van der Waals surface area contributed by atoms with Crippen LogP contribution in [-0.2, 0) is 9.47 Å². The Kier molecular flexibility index (Phi) is 7.23. The molecule has 17 heavy (non-hydrogen) atoms. The second-order valence-corrected chi connectivity index (χ2v) is 2.38. The first-order valence-electron chi connectivity index (χ1n) is 4.20. The molecule has 0 atom stereocenters. The van der Waals surface area contributed by atoms with Crippen LogP contribution in [0, 0.1) is 0 Å². The molecule has 0 saturated heterocycles. The Morgan fingerprint density at radius 1 is 0.941 bits per heavy atom. The van der Waals surface area contributed by atoms with Crippen molar-refractivity contribution in [3.05, 3.63) is 42.9 Å². The minimum Gasteiger partial charge on any atom is -0.508 e. The molecule has 0 fully saturated rings. The van der Waals surface area contributed by atoms with Crippen molar-refractivity contribution >= 4 is 12.3 Å². The number of phenols is 1. The molecule has 1 aromatic carbocycles. The number of carboxylic acid groups (broad SMARTS) is 2. The molecule has 7 heteroatoms. The van der Waals surface area contributed by atoms with Gasteiger partial charge in [-0.2, -0.15) is 0 Å². The molecular formula is C10H10O7. The molecule has 0 aliphatic carbocycles. The SMILES string of the molecule is O=C(O)O/C=C/OC(=O)O.Oc1ccccc1. The van der Waals surface area contributed by atoms with E-state index in [1.165, 1.54) is 0 Å². The van der Waals surface area contributed by atoms with Gasteiger partial charge in [-0.3, -0.25) is 0 Å². The van der Waals surface area contributed by atoms with E-state index in [0.717, 1.165) is 0 Å². The molecule has 0 amide bonds. The van der Waals surface area contributed by atoms with Crippen molar-refractivity contribution in [3.8, 4) is 5.75 Å². The van der Waals surface area contributed by atoms with Gasteiger partial charge in [0.25, 0.3) is 0 Å². The molecular weight excluding hydrogens is 232 g/mol. The van der Waals surface area contributed by atoms with Crippen LogP contribution >= 0.6 is 0 Å². The molecule has 92 valence electrons. The molecule has 0 saturated carbocycles. The highest BCUT2D eigenvalue weighted by molar-refractivity contribution is 5.58. The Labute approximate surface area is 96.1 Å². The molecule has 3 N–H and O–H groups in total. The Morgan fingerprint density at radius 2 is 1.35 bits per heavy atom. The maximum absolute atomic E-state index is 9.57. The Balaban J connectivity index is 0.000000318. The smallest absolute Gasteiger partial charge is 0.508 e. The number of hydrogen-bond donors (Lipinski definition) is 3. The van der Waals surface area contributed by atoms with Crippen molar-refractivity contribution in [1.29, 1.82) is 0 Å². The third-order valence-corrected chi connectivity index (χ3v) is 1.15. The lowest BCUT2D eigenvalue weighted by Gasteiger charge is -1.88. The minimum atomic E-state index is -1.54.